The number of halogens is 2. The summed E-state index contributed by atoms with van der Waals surface area (Å²) in [4.78, 5) is 36.4. The van der Waals surface area contributed by atoms with Gasteiger partial charge in [0.2, 0.25) is 0 Å². The molecule has 29 heavy (non-hydrogen) atoms. The molecule has 7 nitrogen and oxygen atoms in total. The molecule has 1 aromatic heterocycles. The van der Waals surface area contributed by atoms with Crippen LogP contribution in [0.2, 0.25) is 10.0 Å². The number of benzene rings is 2. The van der Waals surface area contributed by atoms with Gasteiger partial charge in [0.05, 0.1) is 11.8 Å². The molecule has 0 unspecified atom stereocenters. The Kier molecular flexibility index (Phi) is 6.21. The standard InChI is InChI=1S/C20H15Cl2N3O4/c1-11-17(6-7-29-11)20(28)25-24-19(27)12-2-4-16(5-3-12)23-18(26)13-8-14(21)10-15(22)9-13/h2-10H,1H3,(H,23,26)(H,24,27)(H,25,28). The molecule has 0 spiro atoms. The molecule has 3 amide bonds. The van der Waals surface area contributed by atoms with Crippen LogP contribution in [-0.2, 0) is 0 Å². The highest BCUT2D eigenvalue weighted by molar-refractivity contribution is 6.35. The Morgan fingerprint density at radius 2 is 1.41 bits per heavy atom. The summed E-state index contributed by atoms with van der Waals surface area (Å²) in [5.41, 5.74) is 6.02. The van der Waals surface area contributed by atoms with E-state index in [2.05, 4.69) is 16.2 Å². The van der Waals surface area contributed by atoms with Crippen LogP contribution in [0.3, 0.4) is 0 Å². The molecule has 0 saturated carbocycles. The zero-order valence-electron chi connectivity index (χ0n) is 15.1. The van der Waals surface area contributed by atoms with Crippen LogP contribution < -0.4 is 16.2 Å². The van der Waals surface area contributed by atoms with E-state index in [0.29, 0.717) is 32.6 Å². The minimum atomic E-state index is -0.515. The third-order valence-corrected chi connectivity index (χ3v) is 4.36. The molecule has 148 valence electrons. The predicted octanol–water partition coefficient (Wildman–Crippen LogP) is 4.22. The molecular weight excluding hydrogens is 417 g/mol. The molecule has 0 atom stereocenters. The van der Waals surface area contributed by atoms with Gasteiger partial charge in [-0.05, 0) is 55.5 Å². The second kappa shape index (κ2) is 8.81. The van der Waals surface area contributed by atoms with Gasteiger partial charge < -0.3 is 9.73 Å². The summed E-state index contributed by atoms with van der Waals surface area (Å²) in [5, 5.41) is 3.38. The average molecular weight is 432 g/mol. The Morgan fingerprint density at radius 1 is 0.793 bits per heavy atom. The number of rotatable bonds is 4. The number of carbonyl (C=O) groups excluding carboxylic acids is 3. The molecule has 0 radical (unpaired) electrons. The van der Waals surface area contributed by atoms with Crippen molar-refractivity contribution in [3.63, 3.8) is 0 Å². The van der Waals surface area contributed by atoms with Crippen molar-refractivity contribution in [2.24, 2.45) is 0 Å². The molecule has 9 heteroatoms. The molecule has 3 aromatic rings. The Morgan fingerprint density at radius 3 is 2.00 bits per heavy atom. The Hall–Kier alpha value is -3.29. The second-order valence-electron chi connectivity index (χ2n) is 5.99. The van der Waals surface area contributed by atoms with Gasteiger partial charge in [-0.3, -0.25) is 25.2 Å². The fraction of sp³-hybridized carbons (Fsp3) is 0.0500. The van der Waals surface area contributed by atoms with Crippen molar-refractivity contribution in [3.05, 3.63) is 87.3 Å². The van der Waals surface area contributed by atoms with E-state index < -0.39 is 17.7 Å². The van der Waals surface area contributed by atoms with Crippen molar-refractivity contribution in [1.82, 2.24) is 10.9 Å². The van der Waals surface area contributed by atoms with Crippen molar-refractivity contribution in [2.45, 2.75) is 6.92 Å². The Bertz CT molecular complexity index is 1060. The van der Waals surface area contributed by atoms with Gasteiger partial charge in [0.15, 0.2) is 0 Å². The van der Waals surface area contributed by atoms with Gasteiger partial charge in [-0.2, -0.15) is 0 Å². The molecule has 0 bridgehead atoms. The van der Waals surface area contributed by atoms with E-state index in [-0.39, 0.29) is 5.56 Å². The van der Waals surface area contributed by atoms with E-state index in [1.807, 2.05) is 0 Å². The van der Waals surface area contributed by atoms with Crippen molar-refractivity contribution in [1.29, 1.82) is 0 Å². The Balaban J connectivity index is 1.59. The van der Waals surface area contributed by atoms with Gasteiger partial charge in [-0.15, -0.1) is 0 Å². The number of aryl methyl sites for hydroxylation is 1. The SMILES string of the molecule is Cc1occc1C(=O)NNC(=O)c1ccc(NC(=O)c2cc(Cl)cc(Cl)c2)cc1. The lowest BCUT2D eigenvalue weighted by atomic mass is 10.1. The van der Waals surface area contributed by atoms with Crippen LogP contribution in [0.1, 0.15) is 36.8 Å². The number of nitrogens with one attached hydrogen (secondary N) is 3. The molecular formula is C20H15Cl2N3O4. The molecule has 3 rings (SSSR count). The maximum atomic E-state index is 12.3. The number of furan rings is 1. The number of carbonyl (C=O) groups is 3. The summed E-state index contributed by atoms with van der Waals surface area (Å²) in [6.45, 7) is 1.64. The first kappa shape index (κ1) is 20.4. The number of hydrogen-bond donors (Lipinski definition) is 3. The smallest absolute Gasteiger partial charge is 0.273 e. The summed E-state index contributed by atoms with van der Waals surface area (Å²) < 4.78 is 5.04. The summed E-state index contributed by atoms with van der Waals surface area (Å²) in [7, 11) is 0. The van der Waals surface area contributed by atoms with E-state index >= 15 is 0 Å². The first-order valence-corrected chi connectivity index (χ1v) is 9.11. The zero-order valence-corrected chi connectivity index (χ0v) is 16.6. The number of anilines is 1. The third kappa shape index (κ3) is 5.16. The maximum absolute atomic E-state index is 12.3. The lowest BCUT2D eigenvalue weighted by molar-refractivity contribution is 0.0845. The van der Waals surface area contributed by atoms with Crippen LogP contribution in [0.4, 0.5) is 5.69 Å². The highest BCUT2D eigenvalue weighted by atomic mass is 35.5. The Labute approximate surface area is 176 Å². The quantitative estimate of drug-likeness (QED) is 0.538. The maximum Gasteiger partial charge on any atom is 0.273 e. The molecule has 2 aromatic carbocycles. The van der Waals surface area contributed by atoms with E-state index in [4.69, 9.17) is 27.6 Å². The molecule has 0 saturated heterocycles. The van der Waals surface area contributed by atoms with Gasteiger partial charge >= 0.3 is 0 Å². The average Bonchev–Trinajstić information content (AvgIpc) is 3.11. The number of amides is 3. The molecule has 1 heterocycles. The molecule has 0 aliphatic rings. The van der Waals surface area contributed by atoms with Crippen molar-refractivity contribution in [2.75, 3.05) is 5.32 Å². The van der Waals surface area contributed by atoms with E-state index in [0.717, 1.165) is 0 Å². The lowest BCUT2D eigenvalue weighted by Crippen LogP contribution is -2.41. The highest BCUT2D eigenvalue weighted by Crippen LogP contribution is 2.20. The highest BCUT2D eigenvalue weighted by Gasteiger charge is 2.13. The van der Waals surface area contributed by atoms with Crippen LogP contribution in [-0.4, -0.2) is 17.7 Å². The summed E-state index contributed by atoms with van der Waals surface area (Å²) in [6.07, 6.45) is 1.39. The van der Waals surface area contributed by atoms with Crippen molar-refractivity contribution < 1.29 is 18.8 Å². The third-order valence-electron chi connectivity index (χ3n) is 3.92. The van der Waals surface area contributed by atoms with Crippen LogP contribution in [0.25, 0.3) is 0 Å². The zero-order chi connectivity index (χ0) is 21.0. The summed E-state index contributed by atoms with van der Waals surface area (Å²) >= 11 is 11.8. The normalized spacial score (nSPS) is 10.3. The first-order chi connectivity index (χ1) is 13.8. The predicted molar refractivity (Wildman–Crippen MR) is 109 cm³/mol. The first-order valence-electron chi connectivity index (χ1n) is 8.36. The van der Waals surface area contributed by atoms with Gasteiger partial charge in [0.1, 0.15) is 5.76 Å². The number of hydrazine groups is 1. The number of hydrogen-bond acceptors (Lipinski definition) is 4. The van der Waals surface area contributed by atoms with Crippen LogP contribution in [0, 0.1) is 6.92 Å². The van der Waals surface area contributed by atoms with Crippen LogP contribution in [0.5, 0.6) is 0 Å². The largest absolute Gasteiger partial charge is 0.469 e. The van der Waals surface area contributed by atoms with Crippen LogP contribution in [0.15, 0.2) is 59.2 Å². The van der Waals surface area contributed by atoms with Crippen molar-refractivity contribution >= 4 is 46.6 Å². The van der Waals surface area contributed by atoms with Gasteiger partial charge in [-0.25, -0.2) is 0 Å². The van der Waals surface area contributed by atoms with Gasteiger partial charge in [0, 0.05) is 26.9 Å². The molecule has 0 aliphatic carbocycles. The van der Waals surface area contributed by atoms with Crippen LogP contribution >= 0.6 is 23.2 Å². The summed E-state index contributed by atoms with van der Waals surface area (Å²) in [5.74, 6) is -0.958. The van der Waals surface area contributed by atoms with Gasteiger partial charge in [-0.1, -0.05) is 23.2 Å². The van der Waals surface area contributed by atoms with Crippen molar-refractivity contribution in [3.8, 4) is 0 Å². The molecule has 0 aliphatic heterocycles. The minimum absolute atomic E-state index is 0.290. The monoisotopic (exact) mass is 431 g/mol. The van der Waals surface area contributed by atoms with Gasteiger partial charge in [0.25, 0.3) is 17.7 Å². The molecule has 3 N–H and O–H groups in total. The van der Waals surface area contributed by atoms with E-state index in [1.165, 1.54) is 42.7 Å². The second-order valence-corrected chi connectivity index (χ2v) is 6.86. The minimum Gasteiger partial charge on any atom is -0.469 e. The fourth-order valence-electron chi connectivity index (χ4n) is 2.47. The topological polar surface area (TPSA) is 100 Å². The summed E-state index contributed by atoms with van der Waals surface area (Å²) in [6, 6.07) is 12.1. The fourth-order valence-corrected chi connectivity index (χ4v) is 2.99. The molecule has 0 fully saturated rings. The van der Waals surface area contributed by atoms with E-state index in [9.17, 15) is 14.4 Å². The van der Waals surface area contributed by atoms with E-state index in [1.54, 1.807) is 19.1 Å². The lowest BCUT2D eigenvalue weighted by Gasteiger charge is -2.09.